The van der Waals surface area contributed by atoms with Gasteiger partial charge in [-0.05, 0) is 24.0 Å². The molecule has 1 N–H and O–H groups in total. The van der Waals surface area contributed by atoms with Gasteiger partial charge in [0.05, 0.1) is 29.2 Å². The van der Waals surface area contributed by atoms with Gasteiger partial charge in [-0.3, -0.25) is 14.2 Å². The Kier molecular flexibility index (Phi) is 6.13. The number of para-hydroxylation sites is 1. The molecular formula is C19H24N3O4-. The number of hydrogen-bond donors (Lipinski definition) is 1. The van der Waals surface area contributed by atoms with Crippen LogP contribution in [-0.4, -0.2) is 27.5 Å². The van der Waals surface area contributed by atoms with Crippen LogP contribution in [0.3, 0.4) is 0 Å². The monoisotopic (exact) mass is 358 g/mol. The van der Waals surface area contributed by atoms with Crippen molar-refractivity contribution in [2.24, 2.45) is 11.8 Å². The molecule has 7 heteroatoms. The van der Waals surface area contributed by atoms with E-state index in [0.717, 1.165) is 0 Å². The lowest BCUT2D eigenvalue weighted by Crippen LogP contribution is -2.53. The molecule has 0 saturated carbocycles. The Balaban J connectivity index is 2.48. The number of carbonyl (C=O) groups is 2. The first-order chi connectivity index (χ1) is 12.3. The molecule has 26 heavy (non-hydrogen) atoms. The highest BCUT2D eigenvalue weighted by molar-refractivity contribution is 5.86. The molecule has 2 aromatic rings. The fourth-order valence-corrected chi connectivity index (χ4v) is 2.90. The maximum absolute atomic E-state index is 12.9. The third-order valence-electron chi connectivity index (χ3n) is 4.66. The van der Waals surface area contributed by atoms with Crippen molar-refractivity contribution in [3.8, 4) is 0 Å². The van der Waals surface area contributed by atoms with Crippen LogP contribution in [0.25, 0.3) is 10.9 Å². The number of rotatable bonds is 7. The number of amides is 1. The Morgan fingerprint density at radius 3 is 2.46 bits per heavy atom. The molecule has 0 aliphatic rings. The molecular weight excluding hydrogens is 334 g/mol. The van der Waals surface area contributed by atoms with Gasteiger partial charge in [0.2, 0.25) is 5.91 Å². The molecule has 0 fully saturated rings. The average molecular weight is 358 g/mol. The Labute approximate surface area is 152 Å². The van der Waals surface area contributed by atoms with Crippen molar-refractivity contribution in [2.45, 2.75) is 46.2 Å². The van der Waals surface area contributed by atoms with Gasteiger partial charge in [-0.25, -0.2) is 4.98 Å². The van der Waals surface area contributed by atoms with Crippen molar-refractivity contribution in [1.29, 1.82) is 0 Å². The van der Waals surface area contributed by atoms with Crippen molar-refractivity contribution in [2.75, 3.05) is 0 Å². The molecule has 0 aliphatic heterocycles. The van der Waals surface area contributed by atoms with E-state index in [2.05, 4.69) is 10.3 Å². The Bertz CT molecular complexity index is 859. The van der Waals surface area contributed by atoms with Crippen LogP contribution in [0.1, 0.15) is 40.2 Å². The number of aliphatic carboxylic acids is 1. The topological polar surface area (TPSA) is 104 Å². The van der Waals surface area contributed by atoms with Gasteiger partial charge in [-0.15, -0.1) is 0 Å². The van der Waals surface area contributed by atoms with Crippen LogP contribution in [0.4, 0.5) is 0 Å². The molecule has 0 radical (unpaired) electrons. The van der Waals surface area contributed by atoms with E-state index in [9.17, 15) is 19.5 Å². The van der Waals surface area contributed by atoms with Gasteiger partial charge in [0.1, 0.15) is 6.04 Å². The molecule has 1 aromatic heterocycles. The van der Waals surface area contributed by atoms with Gasteiger partial charge in [0, 0.05) is 0 Å². The highest BCUT2D eigenvalue weighted by Crippen LogP contribution is 2.21. The summed E-state index contributed by atoms with van der Waals surface area (Å²) in [5, 5.41) is 14.2. The molecule has 0 saturated heterocycles. The summed E-state index contributed by atoms with van der Waals surface area (Å²) in [6.45, 7) is 7.12. The van der Waals surface area contributed by atoms with Gasteiger partial charge in [0.15, 0.2) is 0 Å². The van der Waals surface area contributed by atoms with E-state index >= 15 is 0 Å². The third-order valence-corrected chi connectivity index (χ3v) is 4.66. The second kappa shape index (κ2) is 8.12. The Morgan fingerprint density at radius 1 is 1.23 bits per heavy atom. The number of carbonyl (C=O) groups excluding carboxylic acids is 2. The second-order valence-corrected chi connectivity index (χ2v) is 6.85. The molecule has 0 aliphatic carbocycles. The van der Waals surface area contributed by atoms with E-state index < -0.39 is 24.0 Å². The summed E-state index contributed by atoms with van der Waals surface area (Å²) in [6, 6.07) is 4.92. The molecule has 3 atom stereocenters. The van der Waals surface area contributed by atoms with Crippen molar-refractivity contribution < 1.29 is 14.7 Å². The van der Waals surface area contributed by atoms with E-state index in [1.54, 1.807) is 38.1 Å². The number of carboxylic acids is 1. The zero-order valence-electron chi connectivity index (χ0n) is 15.4. The molecule has 1 amide bonds. The van der Waals surface area contributed by atoms with Gasteiger partial charge < -0.3 is 15.2 Å². The number of nitrogens with one attached hydrogen (secondary N) is 1. The van der Waals surface area contributed by atoms with Crippen molar-refractivity contribution >= 4 is 22.8 Å². The summed E-state index contributed by atoms with van der Waals surface area (Å²) in [5.74, 6) is -2.40. The highest BCUT2D eigenvalue weighted by Gasteiger charge is 2.30. The summed E-state index contributed by atoms with van der Waals surface area (Å²) in [5.41, 5.74) is 0.220. The summed E-state index contributed by atoms with van der Waals surface area (Å²) in [4.78, 5) is 41.3. The summed E-state index contributed by atoms with van der Waals surface area (Å²) < 4.78 is 1.29. The lowest BCUT2D eigenvalue weighted by atomic mass is 9.96. The molecule has 0 spiro atoms. The first-order valence-corrected chi connectivity index (χ1v) is 8.75. The zero-order valence-corrected chi connectivity index (χ0v) is 15.4. The van der Waals surface area contributed by atoms with E-state index in [1.807, 2.05) is 13.8 Å². The molecule has 0 bridgehead atoms. The average Bonchev–Trinajstić information content (AvgIpc) is 2.61. The van der Waals surface area contributed by atoms with Crippen LogP contribution in [0, 0.1) is 11.8 Å². The summed E-state index contributed by atoms with van der Waals surface area (Å²) in [6.07, 6.45) is 1.99. The minimum absolute atomic E-state index is 0.190. The fraction of sp³-hybridized carbons (Fsp3) is 0.474. The maximum Gasteiger partial charge on any atom is 0.261 e. The Hall–Kier alpha value is -2.70. The molecule has 0 unspecified atom stereocenters. The second-order valence-electron chi connectivity index (χ2n) is 6.85. The number of aromatic nitrogens is 2. The standard InChI is InChI=1S/C19H25N3O4/c1-5-12(4)16(17(23)21-15(11(2)3)19(25)26)22-10-20-14-9-7-6-8-13(14)18(22)24/h6-12,15-16H,5H2,1-4H3,(H,21,23)(H,25,26)/p-1/t12-,15-,16-/m0/s1. The minimum Gasteiger partial charge on any atom is -0.548 e. The van der Waals surface area contributed by atoms with Crippen molar-refractivity contribution in [3.63, 3.8) is 0 Å². The summed E-state index contributed by atoms with van der Waals surface area (Å²) in [7, 11) is 0. The normalized spacial score (nSPS) is 14.8. The van der Waals surface area contributed by atoms with Crippen LogP contribution >= 0.6 is 0 Å². The molecule has 1 heterocycles. The predicted molar refractivity (Wildman–Crippen MR) is 96.3 cm³/mol. The first kappa shape index (κ1) is 19.6. The largest absolute Gasteiger partial charge is 0.548 e. The van der Waals surface area contributed by atoms with Gasteiger partial charge >= 0.3 is 0 Å². The van der Waals surface area contributed by atoms with Crippen LogP contribution in [0.5, 0.6) is 0 Å². The lowest BCUT2D eigenvalue weighted by Gasteiger charge is -2.29. The molecule has 7 nitrogen and oxygen atoms in total. The molecule has 140 valence electrons. The smallest absolute Gasteiger partial charge is 0.261 e. The highest BCUT2D eigenvalue weighted by atomic mass is 16.4. The zero-order chi connectivity index (χ0) is 19.4. The first-order valence-electron chi connectivity index (χ1n) is 8.75. The maximum atomic E-state index is 12.9. The van der Waals surface area contributed by atoms with Crippen LogP contribution < -0.4 is 16.0 Å². The minimum atomic E-state index is -1.35. The van der Waals surface area contributed by atoms with Crippen molar-refractivity contribution in [3.05, 3.63) is 40.9 Å². The van der Waals surface area contributed by atoms with Gasteiger partial charge in [-0.2, -0.15) is 0 Å². The quantitative estimate of drug-likeness (QED) is 0.791. The molecule has 1 aromatic carbocycles. The number of benzene rings is 1. The van der Waals surface area contributed by atoms with Crippen LogP contribution in [0.2, 0.25) is 0 Å². The summed E-state index contributed by atoms with van der Waals surface area (Å²) >= 11 is 0. The van der Waals surface area contributed by atoms with Gasteiger partial charge in [-0.1, -0.05) is 46.2 Å². The van der Waals surface area contributed by atoms with E-state index in [1.165, 1.54) is 10.9 Å². The molecule has 2 rings (SSSR count). The van der Waals surface area contributed by atoms with E-state index in [-0.39, 0.29) is 17.4 Å². The van der Waals surface area contributed by atoms with E-state index in [0.29, 0.717) is 17.3 Å². The van der Waals surface area contributed by atoms with E-state index in [4.69, 9.17) is 0 Å². The number of nitrogens with zero attached hydrogens (tertiary/aromatic N) is 2. The fourth-order valence-electron chi connectivity index (χ4n) is 2.90. The number of hydrogen-bond acceptors (Lipinski definition) is 5. The Morgan fingerprint density at radius 2 is 1.88 bits per heavy atom. The lowest BCUT2D eigenvalue weighted by molar-refractivity contribution is -0.309. The van der Waals surface area contributed by atoms with Crippen LogP contribution in [0.15, 0.2) is 35.4 Å². The third kappa shape index (κ3) is 3.92. The predicted octanol–water partition coefficient (Wildman–Crippen LogP) is 0.874. The van der Waals surface area contributed by atoms with Gasteiger partial charge in [0.25, 0.3) is 5.56 Å². The van der Waals surface area contributed by atoms with Crippen molar-refractivity contribution in [1.82, 2.24) is 14.9 Å². The SMILES string of the molecule is CC[C@H](C)[C@@H](C(=O)N[C@H](C(=O)[O-])C(C)C)n1cnc2ccccc2c1=O. The van der Waals surface area contributed by atoms with Crippen LogP contribution in [-0.2, 0) is 9.59 Å². The number of carboxylic acid groups (broad SMARTS) is 1. The number of fused-ring (bicyclic) bond motifs is 1.